The van der Waals surface area contributed by atoms with Crippen LogP contribution in [0.5, 0.6) is 0 Å². The van der Waals surface area contributed by atoms with Crippen molar-refractivity contribution in [2.24, 2.45) is 0 Å². The van der Waals surface area contributed by atoms with Crippen LogP contribution in [0.2, 0.25) is 0 Å². The van der Waals surface area contributed by atoms with Crippen LogP contribution >= 0.6 is 0 Å². The maximum absolute atomic E-state index is 8.56. The van der Waals surface area contributed by atoms with Crippen molar-refractivity contribution in [1.82, 2.24) is 15.0 Å². The van der Waals surface area contributed by atoms with E-state index in [0.717, 1.165) is 28.2 Å². The number of aromatic nitrogens is 3. The fourth-order valence-corrected chi connectivity index (χ4v) is 2.37. The SMILES string of the molecule is CC(O)CC(C)O.[CH2-]c1ccnc(C)c1-c1cc(C(C)(C)C)ncn1.[Ir]. The number of pyridine rings is 1. The van der Waals surface area contributed by atoms with Crippen molar-refractivity contribution in [3.8, 4) is 11.3 Å². The number of aliphatic hydroxyl groups excluding tert-OH is 2. The van der Waals surface area contributed by atoms with Gasteiger partial charge < -0.3 is 10.2 Å². The Morgan fingerprint density at radius 3 is 2.08 bits per heavy atom. The molecular weight excluding hydrogens is 506 g/mol. The Balaban J connectivity index is 0.000000673. The van der Waals surface area contributed by atoms with Crippen LogP contribution < -0.4 is 0 Å². The summed E-state index contributed by atoms with van der Waals surface area (Å²) >= 11 is 0. The van der Waals surface area contributed by atoms with E-state index in [1.54, 1.807) is 26.4 Å². The minimum absolute atomic E-state index is 0. The summed E-state index contributed by atoms with van der Waals surface area (Å²) in [5.74, 6) is 0. The van der Waals surface area contributed by atoms with E-state index in [4.69, 9.17) is 10.2 Å². The van der Waals surface area contributed by atoms with Crippen molar-refractivity contribution in [2.45, 2.75) is 65.6 Å². The van der Waals surface area contributed by atoms with Crippen molar-refractivity contribution in [2.75, 3.05) is 0 Å². The third-order valence-electron chi connectivity index (χ3n) is 3.60. The van der Waals surface area contributed by atoms with E-state index in [9.17, 15) is 0 Å². The van der Waals surface area contributed by atoms with E-state index in [-0.39, 0.29) is 37.7 Å². The second-order valence-electron chi connectivity index (χ2n) is 7.40. The summed E-state index contributed by atoms with van der Waals surface area (Å²) in [6, 6.07) is 3.93. The molecule has 0 spiro atoms. The van der Waals surface area contributed by atoms with E-state index in [1.165, 1.54) is 0 Å². The Bertz CT molecular complexity index is 657. The molecule has 0 saturated heterocycles. The third-order valence-corrected chi connectivity index (χ3v) is 3.60. The van der Waals surface area contributed by atoms with Gasteiger partial charge in [-0.1, -0.05) is 26.3 Å². The Kier molecular flexibility index (Phi) is 10.2. The molecule has 0 amide bonds. The molecule has 2 aromatic heterocycles. The van der Waals surface area contributed by atoms with E-state index < -0.39 is 0 Å². The van der Waals surface area contributed by atoms with Crippen molar-refractivity contribution in [1.29, 1.82) is 0 Å². The number of hydrogen-bond donors (Lipinski definition) is 2. The number of nitrogens with zero attached hydrogens (tertiary/aromatic N) is 3. The maximum atomic E-state index is 8.56. The van der Waals surface area contributed by atoms with Crippen LogP contribution in [0.1, 0.15) is 58.0 Å². The maximum Gasteiger partial charge on any atom is 0.115 e. The van der Waals surface area contributed by atoms with E-state index in [1.807, 2.05) is 19.1 Å². The van der Waals surface area contributed by atoms with Gasteiger partial charge in [0.2, 0.25) is 0 Å². The zero-order chi connectivity index (χ0) is 19.2. The molecule has 147 valence electrons. The van der Waals surface area contributed by atoms with Crippen LogP contribution in [0.15, 0.2) is 24.7 Å². The summed E-state index contributed by atoms with van der Waals surface area (Å²) in [7, 11) is 0. The molecule has 0 bridgehead atoms. The molecule has 0 saturated carbocycles. The van der Waals surface area contributed by atoms with Crippen molar-refractivity contribution in [3.63, 3.8) is 0 Å². The summed E-state index contributed by atoms with van der Waals surface area (Å²) in [5.41, 5.74) is 4.82. The molecule has 2 N–H and O–H groups in total. The first kappa shape index (κ1) is 24.7. The number of aryl methyl sites for hydroxylation is 1. The second kappa shape index (κ2) is 10.7. The van der Waals surface area contributed by atoms with Crippen LogP contribution in [0.25, 0.3) is 11.3 Å². The Morgan fingerprint density at radius 2 is 1.65 bits per heavy atom. The minimum Gasteiger partial charge on any atom is -0.393 e. The van der Waals surface area contributed by atoms with Crippen molar-refractivity contribution < 1.29 is 30.3 Å². The van der Waals surface area contributed by atoms with Gasteiger partial charge in [0.05, 0.1) is 12.2 Å². The van der Waals surface area contributed by atoms with Gasteiger partial charge in [0.1, 0.15) is 6.33 Å². The Hall–Kier alpha value is -1.33. The molecule has 0 aliphatic heterocycles. The van der Waals surface area contributed by atoms with E-state index in [2.05, 4.69) is 42.6 Å². The number of hydrogen-bond acceptors (Lipinski definition) is 5. The van der Waals surface area contributed by atoms with Gasteiger partial charge in [-0.25, -0.2) is 9.97 Å². The average Bonchev–Trinajstić information content (AvgIpc) is 2.45. The van der Waals surface area contributed by atoms with Crippen LogP contribution in [-0.2, 0) is 25.5 Å². The topological polar surface area (TPSA) is 79.1 Å². The fourth-order valence-electron chi connectivity index (χ4n) is 2.37. The quantitative estimate of drug-likeness (QED) is 0.588. The standard InChI is InChI=1S/C15H18N3.C5H12O2.Ir/c1-10-6-7-16-11(2)14(10)12-8-13(15(3,4)5)18-9-17-12;1-4(6)3-5(2)7;/h6-9H,1H2,2-5H3;4-7H,3H2,1-2H3;/q-1;;. The van der Waals surface area contributed by atoms with Gasteiger partial charge in [0, 0.05) is 36.9 Å². The molecule has 1 radical (unpaired) electrons. The molecular formula is C20H30IrN3O2-. The molecule has 0 fully saturated rings. The van der Waals surface area contributed by atoms with Gasteiger partial charge in [0.15, 0.2) is 0 Å². The largest absolute Gasteiger partial charge is 0.393 e. The van der Waals surface area contributed by atoms with Gasteiger partial charge in [-0.05, 0) is 45.1 Å². The molecule has 0 aliphatic carbocycles. The predicted octanol–water partition coefficient (Wildman–Crippen LogP) is 3.46. The normalized spacial score (nSPS) is 13.1. The molecule has 6 heteroatoms. The third kappa shape index (κ3) is 7.92. The van der Waals surface area contributed by atoms with E-state index in [0.29, 0.717) is 6.42 Å². The van der Waals surface area contributed by atoms with Gasteiger partial charge in [-0.15, -0.1) is 6.07 Å². The van der Waals surface area contributed by atoms with Gasteiger partial charge in [-0.3, -0.25) is 4.98 Å². The summed E-state index contributed by atoms with van der Waals surface area (Å²) in [4.78, 5) is 13.0. The zero-order valence-corrected chi connectivity index (χ0v) is 18.8. The van der Waals surface area contributed by atoms with E-state index >= 15 is 0 Å². The average molecular weight is 537 g/mol. The monoisotopic (exact) mass is 537 g/mol. The molecule has 2 heterocycles. The molecule has 2 rings (SSSR count). The Morgan fingerprint density at radius 1 is 1.08 bits per heavy atom. The summed E-state index contributed by atoms with van der Waals surface area (Å²) in [5, 5.41) is 17.1. The molecule has 26 heavy (non-hydrogen) atoms. The minimum atomic E-state index is -0.375. The summed E-state index contributed by atoms with van der Waals surface area (Å²) < 4.78 is 0. The van der Waals surface area contributed by atoms with Crippen LogP contribution in [-0.4, -0.2) is 37.4 Å². The second-order valence-corrected chi connectivity index (χ2v) is 7.40. The smallest absolute Gasteiger partial charge is 0.115 e. The van der Waals surface area contributed by atoms with Crippen molar-refractivity contribution in [3.05, 3.63) is 48.5 Å². The molecule has 2 unspecified atom stereocenters. The molecule has 0 aliphatic rings. The first-order valence-corrected chi connectivity index (χ1v) is 8.49. The van der Waals surface area contributed by atoms with Crippen LogP contribution in [0.4, 0.5) is 0 Å². The fraction of sp³-hybridized carbons (Fsp3) is 0.500. The molecule has 2 atom stereocenters. The first-order valence-electron chi connectivity index (χ1n) is 8.49. The molecule has 2 aromatic rings. The number of aliphatic hydroxyl groups is 2. The van der Waals surface area contributed by atoms with Gasteiger partial charge in [0.25, 0.3) is 0 Å². The summed E-state index contributed by atoms with van der Waals surface area (Å²) in [6.07, 6.45) is 3.11. The van der Waals surface area contributed by atoms with Gasteiger partial charge >= 0.3 is 0 Å². The first-order chi connectivity index (χ1) is 11.5. The van der Waals surface area contributed by atoms with Crippen LogP contribution in [0, 0.1) is 13.8 Å². The van der Waals surface area contributed by atoms with Gasteiger partial charge in [-0.2, -0.15) is 12.5 Å². The molecule has 0 aromatic carbocycles. The van der Waals surface area contributed by atoms with Crippen LogP contribution in [0.3, 0.4) is 0 Å². The summed E-state index contributed by atoms with van der Waals surface area (Å²) in [6.45, 7) is 15.8. The molecule has 5 nitrogen and oxygen atoms in total. The number of rotatable bonds is 3. The van der Waals surface area contributed by atoms with Crippen molar-refractivity contribution >= 4 is 0 Å². The predicted molar refractivity (Wildman–Crippen MR) is 101 cm³/mol. The zero-order valence-electron chi connectivity index (χ0n) is 16.4. The Labute approximate surface area is 170 Å².